The summed E-state index contributed by atoms with van der Waals surface area (Å²) in [7, 11) is 0. The molecule has 4 heteroatoms. The first kappa shape index (κ1) is 14.2. The highest BCUT2D eigenvalue weighted by molar-refractivity contribution is 7.98. The third kappa shape index (κ3) is 4.11. The number of aromatic nitrogens is 2. The molecule has 1 aromatic heterocycles. The van der Waals surface area contributed by atoms with Crippen LogP contribution < -0.4 is 5.32 Å². The van der Waals surface area contributed by atoms with Gasteiger partial charge in [-0.05, 0) is 36.4 Å². The van der Waals surface area contributed by atoms with Gasteiger partial charge in [-0.15, -0.1) is 0 Å². The highest BCUT2D eigenvalue weighted by Crippen LogP contribution is 2.09. The summed E-state index contributed by atoms with van der Waals surface area (Å²) < 4.78 is 1.87. The van der Waals surface area contributed by atoms with Gasteiger partial charge in [0.15, 0.2) is 0 Å². The molecule has 19 heavy (non-hydrogen) atoms. The van der Waals surface area contributed by atoms with Crippen LogP contribution in [-0.2, 0) is 6.54 Å². The molecule has 1 atom stereocenters. The zero-order valence-corrected chi connectivity index (χ0v) is 12.4. The van der Waals surface area contributed by atoms with E-state index in [1.165, 1.54) is 17.7 Å². The average molecular weight is 275 g/mol. The second kappa shape index (κ2) is 7.36. The zero-order chi connectivity index (χ0) is 13.5. The van der Waals surface area contributed by atoms with Crippen molar-refractivity contribution in [3.63, 3.8) is 0 Å². The van der Waals surface area contributed by atoms with Crippen LogP contribution in [0.1, 0.15) is 18.9 Å². The van der Waals surface area contributed by atoms with Gasteiger partial charge in [-0.25, -0.2) is 4.68 Å². The quantitative estimate of drug-likeness (QED) is 0.842. The van der Waals surface area contributed by atoms with Crippen molar-refractivity contribution in [2.75, 3.05) is 12.0 Å². The number of rotatable bonds is 7. The molecular formula is C15H21N3S. The minimum Gasteiger partial charge on any atom is -0.309 e. The van der Waals surface area contributed by atoms with Crippen molar-refractivity contribution < 1.29 is 0 Å². The molecular weight excluding hydrogens is 254 g/mol. The van der Waals surface area contributed by atoms with E-state index < -0.39 is 0 Å². The van der Waals surface area contributed by atoms with Gasteiger partial charge in [-0.1, -0.05) is 19.1 Å². The van der Waals surface area contributed by atoms with Crippen LogP contribution in [0.15, 0.2) is 42.7 Å². The van der Waals surface area contributed by atoms with E-state index in [4.69, 9.17) is 0 Å². The maximum absolute atomic E-state index is 4.23. The molecule has 0 aliphatic heterocycles. The predicted octanol–water partition coefficient (Wildman–Crippen LogP) is 3.10. The fraction of sp³-hybridized carbons (Fsp3) is 0.400. The molecule has 0 bridgehead atoms. The lowest BCUT2D eigenvalue weighted by Crippen LogP contribution is -2.30. The van der Waals surface area contributed by atoms with Crippen LogP contribution in [0.4, 0.5) is 0 Å². The van der Waals surface area contributed by atoms with Crippen molar-refractivity contribution in [2.45, 2.75) is 25.9 Å². The number of thioether (sulfide) groups is 1. The number of nitrogens with zero attached hydrogens (tertiary/aromatic N) is 2. The lowest BCUT2D eigenvalue weighted by atomic mass is 10.2. The summed E-state index contributed by atoms with van der Waals surface area (Å²) in [4.78, 5) is 0. The molecule has 2 aromatic rings. The smallest absolute Gasteiger partial charge is 0.0645 e. The van der Waals surface area contributed by atoms with Crippen LogP contribution in [0.2, 0.25) is 0 Å². The Balaban J connectivity index is 1.92. The fourth-order valence-electron chi connectivity index (χ4n) is 1.97. The van der Waals surface area contributed by atoms with Gasteiger partial charge in [-0.3, -0.25) is 0 Å². The molecule has 0 saturated carbocycles. The zero-order valence-electron chi connectivity index (χ0n) is 11.5. The Morgan fingerprint density at radius 2 is 2.11 bits per heavy atom. The third-order valence-corrected chi connectivity index (χ3v) is 3.90. The average Bonchev–Trinajstić information content (AvgIpc) is 2.98. The van der Waals surface area contributed by atoms with Crippen molar-refractivity contribution >= 4 is 11.8 Å². The number of benzene rings is 1. The first-order chi connectivity index (χ1) is 9.33. The standard InChI is InChI=1S/C15H21N3S/c1-3-14(12-19-2)16-11-13-5-7-15(8-6-13)18-10-4-9-17-18/h4-10,14,16H,3,11-12H2,1-2H3. The van der Waals surface area contributed by atoms with Crippen molar-refractivity contribution in [1.29, 1.82) is 0 Å². The Labute approximate surface area is 119 Å². The largest absolute Gasteiger partial charge is 0.309 e. The van der Waals surface area contributed by atoms with Gasteiger partial charge in [-0.2, -0.15) is 16.9 Å². The molecule has 1 aromatic carbocycles. The Hall–Kier alpha value is -1.26. The second-order valence-electron chi connectivity index (χ2n) is 4.56. The topological polar surface area (TPSA) is 29.9 Å². The van der Waals surface area contributed by atoms with Gasteiger partial charge < -0.3 is 5.32 Å². The molecule has 0 aliphatic carbocycles. The minimum atomic E-state index is 0.598. The Morgan fingerprint density at radius 1 is 1.32 bits per heavy atom. The minimum absolute atomic E-state index is 0.598. The molecule has 1 unspecified atom stereocenters. The third-order valence-electron chi connectivity index (χ3n) is 3.16. The van der Waals surface area contributed by atoms with Crippen LogP contribution in [0.3, 0.4) is 0 Å². The van der Waals surface area contributed by atoms with E-state index in [9.17, 15) is 0 Å². The molecule has 0 amide bonds. The monoisotopic (exact) mass is 275 g/mol. The number of hydrogen-bond donors (Lipinski definition) is 1. The van der Waals surface area contributed by atoms with Gasteiger partial charge in [0, 0.05) is 30.7 Å². The highest BCUT2D eigenvalue weighted by Gasteiger charge is 2.04. The first-order valence-electron chi connectivity index (χ1n) is 6.64. The van der Waals surface area contributed by atoms with Gasteiger partial charge >= 0.3 is 0 Å². The van der Waals surface area contributed by atoms with Gasteiger partial charge in [0.2, 0.25) is 0 Å². The maximum atomic E-state index is 4.23. The van der Waals surface area contributed by atoms with Crippen LogP contribution in [0, 0.1) is 0 Å². The van der Waals surface area contributed by atoms with E-state index in [1.807, 2.05) is 28.7 Å². The Morgan fingerprint density at radius 3 is 2.68 bits per heavy atom. The molecule has 2 rings (SSSR count). The molecule has 102 valence electrons. The molecule has 0 radical (unpaired) electrons. The normalized spacial score (nSPS) is 12.5. The summed E-state index contributed by atoms with van der Waals surface area (Å²) in [5.74, 6) is 1.17. The molecule has 0 spiro atoms. The van der Waals surface area contributed by atoms with Crippen LogP contribution >= 0.6 is 11.8 Å². The van der Waals surface area contributed by atoms with E-state index >= 15 is 0 Å². The van der Waals surface area contributed by atoms with Gasteiger partial charge in [0.05, 0.1) is 5.69 Å². The van der Waals surface area contributed by atoms with E-state index in [0.29, 0.717) is 6.04 Å². The van der Waals surface area contributed by atoms with E-state index in [-0.39, 0.29) is 0 Å². The van der Waals surface area contributed by atoms with Crippen molar-refractivity contribution in [3.05, 3.63) is 48.3 Å². The fourth-order valence-corrected chi connectivity index (χ4v) is 2.73. The van der Waals surface area contributed by atoms with Crippen LogP contribution in [0.5, 0.6) is 0 Å². The van der Waals surface area contributed by atoms with E-state index in [2.05, 4.69) is 47.9 Å². The SMILES string of the molecule is CCC(CSC)NCc1ccc(-n2cccn2)cc1. The summed E-state index contributed by atoms with van der Waals surface area (Å²) >= 11 is 1.90. The van der Waals surface area contributed by atoms with Crippen molar-refractivity contribution in [2.24, 2.45) is 0 Å². The predicted molar refractivity (Wildman–Crippen MR) is 82.9 cm³/mol. The van der Waals surface area contributed by atoms with Crippen LogP contribution in [-0.4, -0.2) is 27.8 Å². The summed E-state index contributed by atoms with van der Waals surface area (Å²) in [5.41, 5.74) is 2.42. The lowest BCUT2D eigenvalue weighted by Gasteiger charge is -2.15. The molecule has 3 nitrogen and oxygen atoms in total. The highest BCUT2D eigenvalue weighted by atomic mass is 32.2. The van der Waals surface area contributed by atoms with E-state index in [0.717, 1.165) is 12.2 Å². The number of nitrogens with one attached hydrogen (secondary N) is 1. The van der Waals surface area contributed by atoms with E-state index in [1.54, 1.807) is 6.20 Å². The first-order valence-corrected chi connectivity index (χ1v) is 8.04. The maximum Gasteiger partial charge on any atom is 0.0645 e. The van der Waals surface area contributed by atoms with Crippen molar-refractivity contribution in [1.82, 2.24) is 15.1 Å². The molecule has 1 heterocycles. The molecule has 0 saturated heterocycles. The van der Waals surface area contributed by atoms with Crippen LogP contribution in [0.25, 0.3) is 5.69 Å². The molecule has 1 N–H and O–H groups in total. The van der Waals surface area contributed by atoms with Gasteiger partial charge in [0.1, 0.15) is 0 Å². The van der Waals surface area contributed by atoms with Crippen molar-refractivity contribution in [3.8, 4) is 5.69 Å². The Bertz CT molecular complexity index is 465. The summed E-state index contributed by atoms with van der Waals surface area (Å²) in [6.45, 7) is 3.16. The summed E-state index contributed by atoms with van der Waals surface area (Å²) in [6.07, 6.45) is 7.08. The summed E-state index contributed by atoms with van der Waals surface area (Å²) in [5, 5.41) is 7.82. The molecule has 0 fully saturated rings. The Kier molecular flexibility index (Phi) is 5.48. The summed E-state index contributed by atoms with van der Waals surface area (Å²) in [6, 6.07) is 11.1. The molecule has 0 aliphatic rings. The second-order valence-corrected chi connectivity index (χ2v) is 5.47. The van der Waals surface area contributed by atoms with Gasteiger partial charge in [0.25, 0.3) is 0 Å². The number of hydrogen-bond acceptors (Lipinski definition) is 3. The lowest BCUT2D eigenvalue weighted by molar-refractivity contribution is 0.541.